The maximum atomic E-state index is 5.56. The average Bonchev–Trinajstić information content (AvgIpc) is 1.57. The van der Waals surface area contributed by atoms with Crippen LogP contribution in [0.3, 0.4) is 0 Å². The van der Waals surface area contributed by atoms with Crippen molar-refractivity contribution in [1.29, 1.82) is 0 Å². The highest BCUT2D eigenvalue weighted by atomic mass is 15.2. The van der Waals surface area contributed by atoms with Gasteiger partial charge in [0.1, 0.15) is 0 Å². The van der Waals surface area contributed by atoms with Crippen molar-refractivity contribution in [3.05, 3.63) is 0 Å². The predicted molar refractivity (Wildman–Crippen MR) is 34.7 cm³/mol. The van der Waals surface area contributed by atoms with Crippen molar-refractivity contribution in [2.75, 3.05) is 13.1 Å². The molecule has 2 heteroatoms. The highest BCUT2D eigenvalue weighted by Gasteiger charge is 2.24. The van der Waals surface area contributed by atoms with Gasteiger partial charge in [-0.05, 0) is 13.8 Å². The van der Waals surface area contributed by atoms with Crippen LogP contribution in [0.2, 0.25) is 0 Å². The molecule has 0 aromatic heterocycles. The smallest absolute Gasteiger partial charge is 0.0297 e. The molecule has 0 bridgehead atoms. The van der Waals surface area contributed by atoms with E-state index >= 15 is 0 Å². The van der Waals surface area contributed by atoms with Gasteiger partial charge in [0.2, 0.25) is 0 Å². The maximum absolute atomic E-state index is 5.56. The van der Waals surface area contributed by atoms with E-state index < -0.39 is 0 Å². The summed E-state index contributed by atoms with van der Waals surface area (Å²) in [5, 5.41) is 0. The summed E-state index contributed by atoms with van der Waals surface area (Å²) in [6.45, 7) is 6.59. The number of hydrogen-bond acceptors (Lipinski definition) is 2. The molecule has 0 unspecified atom stereocenters. The lowest BCUT2D eigenvalue weighted by Crippen LogP contribution is -2.57. The van der Waals surface area contributed by atoms with Gasteiger partial charge in [-0.15, -0.1) is 0 Å². The fraction of sp³-hybridized carbons (Fsp3) is 1.00. The molecule has 0 aromatic rings. The third kappa shape index (κ3) is 1.01. The first-order valence-electron chi connectivity index (χ1n) is 3.20. The third-order valence-electron chi connectivity index (χ3n) is 1.67. The van der Waals surface area contributed by atoms with E-state index in [0.29, 0.717) is 12.1 Å². The molecule has 0 spiro atoms. The van der Waals surface area contributed by atoms with E-state index in [1.807, 2.05) is 0 Å². The summed E-state index contributed by atoms with van der Waals surface area (Å²) >= 11 is 0. The SMILES string of the molecule is CC(C)N1CC(N)C1. The molecule has 1 aliphatic rings. The van der Waals surface area contributed by atoms with Crippen LogP contribution in [0.5, 0.6) is 0 Å². The largest absolute Gasteiger partial charge is 0.325 e. The van der Waals surface area contributed by atoms with Gasteiger partial charge in [-0.1, -0.05) is 0 Å². The first-order valence-corrected chi connectivity index (χ1v) is 3.20. The van der Waals surface area contributed by atoms with Gasteiger partial charge >= 0.3 is 0 Å². The average molecular weight is 114 g/mol. The van der Waals surface area contributed by atoms with Gasteiger partial charge in [0.15, 0.2) is 0 Å². The van der Waals surface area contributed by atoms with E-state index in [-0.39, 0.29) is 0 Å². The van der Waals surface area contributed by atoms with Gasteiger partial charge in [0.05, 0.1) is 0 Å². The molecular weight excluding hydrogens is 100 g/mol. The van der Waals surface area contributed by atoms with Crippen LogP contribution < -0.4 is 5.73 Å². The zero-order chi connectivity index (χ0) is 6.15. The number of rotatable bonds is 1. The van der Waals surface area contributed by atoms with Crippen LogP contribution in [0, 0.1) is 0 Å². The van der Waals surface area contributed by atoms with Crippen molar-refractivity contribution in [2.24, 2.45) is 5.73 Å². The first-order chi connectivity index (χ1) is 3.70. The lowest BCUT2D eigenvalue weighted by molar-refractivity contribution is 0.112. The molecule has 8 heavy (non-hydrogen) atoms. The first kappa shape index (κ1) is 6.05. The Bertz CT molecular complexity index is 74.6. The molecule has 0 atom stereocenters. The molecule has 1 heterocycles. The fourth-order valence-electron chi connectivity index (χ4n) is 0.971. The van der Waals surface area contributed by atoms with E-state index in [1.165, 1.54) is 0 Å². The standard InChI is InChI=1S/C6H14N2/c1-5(2)8-3-6(7)4-8/h5-6H,3-4,7H2,1-2H3. The zero-order valence-electron chi connectivity index (χ0n) is 5.59. The molecule has 0 radical (unpaired) electrons. The normalized spacial score (nSPS) is 24.0. The van der Waals surface area contributed by atoms with Crippen molar-refractivity contribution in [3.8, 4) is 0 Å². The Hall–Kier alpha value is -0.0800. The monoisotopic (exact) mass is 114 g/mol. The molecule has 2 N–H and O–H groups in total. The molecule has 0 aliphatic carbocycles. The van der Waals surface area contributed by atoms with E-state index in [4.69, 9.17) is 5.73 Å². The van der Waals surface area contributed by atoms with Crippen LogP contribution in [-0.4, -0.2) is 30.1 Å². The molecule has 0 saturated carbocycles. The van der Waals surface area contributed by atoms with Crippen molar-refractivity contribution in [1.82, 2.24) is 4.90 Å². The Morgan fingerprint density at radius 3 is 2.12 bits per heavy atom. The number of hydrogen-bond donors (Lipinski definition) is 1. The van der Waals surface area contributed by atoms with Crippen LogP contribution in [0.4, 0.5) is 0 Å². The minimum atomic E-state index is 0.456. The summed E-state index contributed by atoms with van der Waals surface area (Å²) < 4.78 is 0. The Balaban J connectivity index is 2.15. The summed E-state index contributed by atoms with van der Waals surface area (Å²) in [5.41, 5.74) is 5.56. The summed E-state index contributed by atoms with van der Waals surface area (Å²) in [6, 6.07) is 1.15. The highest BCUT2D eigenvalue weighted by Crippen LogP contribution is 2.08. The van der Waals surface area contributed by atoms with Gasteiger partial charge in [0.25, 0.3) is 0 Å². The number of likely N-dealkylation sites (tertiary alicyclic amines) is 1. The van der Waals surface area contributed by atoms with E-state index in [1.54, 1.807) is 0 Å². The number of nitrogens with two attached hydrogens (primary N) is 1. The molecular formula is C6H14N2. The second-order valence-corrected chi connectivity index (χ2v) is 2.81. The molecule has 0 amide bonds. The molecule has 48 valence electrons. The second kappa shape index (κ2) is 2.03. The minimum absolute atomic E-state index is 0.456. The Kier molecular flexibility index (Phi) is 1.54. The summed E-state index contributed by atoms with van der Waals surface area (Å²) in [7, 11) is 0. The van der Waals surface area contributed by atoms with E-state index in [9.17, 15) is 0 Å². The van der Waals surface area contributed by atoms with Gasteiger partial charge < -0.3 is 5.73 Å². The lowest BCUT2D eigenvalue weighted by atomic mass is 10.1. The summed E-state index contributed by atoms with van der Waals surface area (Å²) in [4.78, 5) is 2.37. The quantitative estimate of drug-likeness (QED) is 0.521. The molecule has 1 aliphatic heterocycles. The van der Waals surface area contributed by atoms with Gasteiger partial charge in [-0.3, -0.25) is 4.90 Å². The summed E-state index contributed by atoms with van der Waals surface area (Å²) in [6.07, 6.45) is 0. The Labute approximate surface area is 50.7 Å². The molecule has 1 saturated heterocycles. The van der Waals surface area contributed by atoms with Crippen molar-refractivity contribution in [3.63, 3.8) is 0 Å². The minimum Gasteiger partial charge on any atom is -0.325 e. The lowest BCUT2D eigenvalue weighted by Gasteiger charge is -2.39. The molecule has 0 aromatic carbocycles. The Morgan fingerprint density at radius 2 is 2.00 bits per heavy atom. The Morgan fingerprint density at radius 1 is 1.50 bits per heavy atom. The van der Waals surface area contributed by atoms with Crippen LogP contribution in [0.15, 0.2) is 0 Å². The van der Waals surface area contributed by atoms with Crippen molar-refractivity contribution < 1.29 is 0 Å². The predicted octanol–water partition coefficient (Wildman–Crippen LogP) is 0.0377. The topological polar surface area (TPSA) is 29.3 Å². The van der Waals surface area contributed by atoms with Crippen LogP contribution >= 0.6 is 0 Å². The van der Waals surface area contributed by atoms with Gasteiger partial charge in [-0.25, -0.2) is 0 Å². The molecule has 1 rings (SSSR count). The van der Waals surface area contributed by atoms with Crippen molar-refractivity contribution in [2.45, 2.75) is 25.9 Å². The third-order valence-corrected chi connectivity index (χ3v) is 1.67. The molecule has 2 nitrogen and oxygen atoms in total. The summed E-state index contributed by atoms with van der Waals surface area (Å²) in [5.74, 6) is 0. The fourth-order valence-corrected chi connectivity index (χ4v) is 0.971. The maximum Gasteiger partial charge on any atom is 0.0297 e. The number of nitrogens with zero attached hydrogens (tertiary/aromatic N) is 1. The van der Waals surface area contributed by atoms with Crippen molar-refractivity contribution >= 4 is 0 Å². The molecule has 1 fully saturated rings. The second-order valence-electron chi connectivity index (χ2n) is 2.81. The highest BCUT2D eigenvalue weighted by molar-refractivity contribution is 4.84. The zero-order valence-corrected chi connectivity index (χ0v) is 5.59. The van der Waals surface area contributed by atoms with E-state index in [0.717, 1.165) is 13.1 Å². The van der Waals surface area contributed by atoms with E-state index in [2.05, 4.69) is 18.7 Å². The van der Waals surface area contributed by atoms with Crippen LogP contribution in [0.1, 0.15) is 13.8 Å². The van der Waals surface area contributed by atoms with Gasteiger partial charge in [-0.2, -0.15) is 0 Å². The van der Waals surface area contributed by atoms with Crippen LogP contribution in [-0.2, 0) is 0 Å². The van der Waals surface area contributed by atoms with Crippen LogP contribution in [0.25, 0.3) is 0 Å². The van der Waals surface area contributed by atoms with Gasteiger partial charge in [0, 0.05) is 25.2 Å².